The fraction of sp³-hybridized carbons (Fsp3) is 0.455. The number of fused-ring (bicyclic) bond motifs is 1. The number of rotatable bonds is 6. The summed E-state index contributed by atoms with van der Waals surface area (Å²) in [5, 5.41) is 2.01. The van der Waals surface area contributed by atoms with Crippen LogP contribution in [0.3, 0.4) is 0 Å². The molecule has 0 saturated heterocycles. The lowest BCUT2D eigenvalue weighted by atomic mass is 10.2. The van der Waals surface area contributed by atoms with Crippen molar-refractivity contribution in [1.82, 2.24) is 9.38 Å². The maximum atomic E-state index is 11.1. The minimum absolute atomic E-state index is 0.349. The summed E-state index contributed by atoms with van der Waals surface area (Å²) in [6.45, 7) is 0. The third-order valence-corrected chi connectivity index (χ3v) is 4.27. The summed E-state index contributed by atoms with van der Waals surface area (Å²) in [7, 11) is 1.35. The molecule has 0 aliphatic carbocycles. The molecule has 2 aromatic rings. The number of thiazole rings is 1. The van der Waals surface area contributed by atoms with Crippen LogP contribution < -0.4 is 5.73 Å². The van der Waals surface area contributed by atoms with E-state index in [0.717, 1.165) is 22.2 Å². The molecule has 0 radical (unpaired) electrons. The Hall–Kier alpha value is -1.05. The van der Waals surface area contributed by atoms with Crippen LogP contribution in [0.5, 0.6) is 0 Å². The maximum Gasteiger partial charge on any atom is 0.322 e. The van der Waals surface area contributed by atoms with Crippen LogP contribution in [-0.2, 0) is 15.3 Å². The molecule has 18 heavy (non-hydrogen) atoms. The Morgan fingerprint density at radius 1 is 1.72 bits per heavy atom. The molecule has 0 spiro atoms. The third kappa shape index (κ3) is 3.24. The monoisotopic (exact) mass is 285 g/mol. The highest BCUT2D eigenvalue weighted by Crippen LogP contribution is 2.16. The van der Waals surface area contributed by atoms with Gasteiger partial charge < -0.3 is 10.5 Å². The van der Waals surface area contributed by atoms with Gasteiger partial charge in [-0.15, -0.1) is 11.3 Å². The summed E-state index contributed by atoms with van der Waals surface area (Å²) in [5.74, 6) is 1.31. The molecule has 0 aromatic carbocycles. The van der Waals surface area contributed by atoms with Crippen molar-refractivity contribution in [2.45, 2.75) is 18.2 Å². The molecule has 2 aromatic heterocycles. The Labute approximate surface area is 113 Å². The predicted molar refractivity (Wildman–Crippen MR) is 73.8 cm³/mol. The Bertz CT molecular complexity index is 495. The molecule has 0 amide bonds. The van der Waals surface area contributed by atoms with Crippen LogP contribution in [0.1, 0.15) is 12.1 Å². The van der Waals surface area contributed by atoms with E-state index in [-0.39, 0.29) is 5.97 Å². The van der Waals surface area contributed by atoms with Gasteiger partial charge in [0, 0.05) is 23.5 Å². The molecule has 5 nitrogen and oxygen atoms in total. The number of nitrogens with zero attached hydrogens (tertiary/aromatic N) is 2. The molecule has 2 rings (SSSR count). The average molecular weight is 285 g/mol. The molecule has 2 N–H and O–H groups in total. The zero-order valence-electron chi connectivity index (χ0n) is 10.0. The van der Waals surface area contributed by atoms with E-state index in [1.54, 1.807) is 23.1 Å². The Morgan fingerprint density at radius 3 is 3.28 bits per heavy atom. The second-order valence-electron chi connectivity index (χ2n) is 3.80. The summed E-state index contributed by atoms with van der Waals surface area (Å²) < 4.78 is 6.58. The first-order valence-corrected chi connectivity index (χ1v) is 7.56. The van der Waals surface area contributed by atoms with Gasteiger partial charge in [-0.2, -0.15) is 11.8 Å². The van der Waals surface area contributed by atoms with Crippen molar-refractivity contribution in [3.05, 3.63) is 23.5 Å². The van der Waals surface area contributed by atoms with Crippen molar-refractivity contribution >= 4 is 34.0 Å². The van der Waals surface area contributed by atoms with Crippen LogP contribution >= 0.6 is 23.1 Å². The van der Waals surface area contributed by atoms with Crippen molar-refractivity contribution < 1.29 is 9.53 Å². The Kier molecular flexibility index (Phi) is 4.62. The smallest absolute Gasteiger partial charge is 0.322 e. The lowest BCUT2D eigenvalue weighted by Gasteiger charge is -2.07. The van der Waals surface area contributed by atoms with E-state index in [9.17, 15) is 4.79 Å². The lowest BCUT2D eigenvalue weighted by molar-refractivity contribution is -0.142. The number of ether oxygens (including phenoxy) is 1. The minimum atomic E-state index is -0.520. The number of carbonyl (C=O) groups is 1. The van der Waals surface area contributed by atoms with Gasteiger partial charge in [0.25, 0.3) is 0 Å². The normalized spacial score (nSPS) is 12.8. The van der Waals surface area contributed by atoms with E-state index >= 15 is 0 Å². The molecule has 1 unspecified atom stereocenters. The topological polar surface area (TPSA) is 69.6 Å². The van der Waals surface area contributed by atoms with Gasteiger partial charge in [-0.25, -0.2) is 4.98 Å². The van der Waals surface area contributed by atoms with Crippen molar-refractivity contribution in [2.75, 3.05) is 12.9 Å². The quantitative estimate of drug-likeness (QED) is 0.643. The molecule has 0 bridgehead atoms. The fourth-order valence-corrected chi connectivity index (χ4v) is 3.13. The summed E-state index contributed by atoms with van der Waals surface area (Å²) >= 11 is 3.34. The summed E-state index contributed by atoms with van der Waals surface area (Å²) in [6, 6.07) is -0.520. The van der Waals surface area contributed by atoms with Crippen LogP contribution in [0.15, 0.2) is 17.8 Å². The lowest BCUT2D eigenvalue weighted by Crippen LogP contribution is -2.31. The van der Waals surface area contributed by atoms with Gasteiger partial charge in [-0.05, 0) is 12.2 Å². The number of hydrogen-bond acceptors (Lipinski definition) is 6. The molecule has 98 valence electrons. The molecule has 0 fully saturated rings. The zero-order chi connectivity index (χ0) is 13.0. The number of thioether (sulfide) groups is 1. The number of carbonyl (C=O) groups excluding carboxylic acids is 1. The molecule has 0 aliphatic rings. The van der Waals surface area contributed by atoms with Crippen LogP contribution in [0.4, 0.5) is 0 Å². The van der Waals surface area contributed by atoms with Crippen molar-refractivity contribution in [1.29, 1.82) is 0 Å². The van der Waals surface area contributed by atoms with E-state index in [2.05, 4.69) is 9.72 Å². The van der Waals surface area contributed by atoms with E-state index in [0.29, 0.717) is 6.42 Å². The molecule has 0 aliphatic heterocycles. The van der Waals surface area contributed by atoms with Gasteiger partial charge in [-0.1, -0.05) is 0 Å². The highest BCUT2D eigenvalue weighted by atomic mass is 32.2. The first-order chi connectivity index (χ1) is 8.70. The van der Waals surface area contributed by atoms with Crippen LogP contribution in [0.2, 0.25) is 0 Å². The molecular weight excluding hydrogens is 270 g/mol. The van der Waals surface area contributed by atoms with E-state index in [1.165, 1.54) is 7.11 Å². The van der Waals surface area contributed by atoms with Gasteiger partial charge in [0.2, 0.25) is 0 Å². The van der Waals surface area contributed by atoms with Gasteiger partial charge in [0.15, 0.2) is 4.96 Å². The van der Waals surface area contributed by atoms with E-state index < -0.39 is 6.04 Å². The SMILES string of the molecule is COC(=O)C(N)CCSCc1cn2ccsc2n1. The fourth-order valence-electron chi connectivity index (χ4n) is 1.50. The Balaban J connectivity index is 1.72. The summed E-state index contributed by atoms with van der Waals surface area (Å²) in [5.41, 5.74) is 6.70. The average Bonchev–Trinajstić information content (AvgIpc) is 2.93. The predicted octanol–water partition coefficient (Wildman–Crippen LogP) is 1.52. The largest absolute Gasteiger partial charge is 0.468 e. The van der Waals surface area contributed by atoms with Crippen molar-refractivity contribution in [3.63, 3.8) is 0 Å². The van der Waals surface area contributed by atoms with Crippen LogP contribution in [0, 0.1) is 0 Å². The van der Waals surface area contributed by atoms with Crippen LogP contribution in [-0.4, -0.2) is 34.3 Å². The van der Waals surface area contributed by atoms with Gasteiger partial charge in [-0.3, -0.25) is 9.20 Å². The van der Waals surface area contributed by atoms with Crippen molar-refractivity contribution in [2.24, 2.45) is 5.73 Å². The minimum Gasteiger partial charge on any atom is -0.468 e. The number of imidazole rings is 1. The second kappa shape index (κ2) is 6.21. The van der Waals surface area contributed by atoms with E-state index in [1.807, 2.05) is 22.2 Å². The van der Waals surface area contributed by atoms with Gasteiger partial charge in [0.05, 0.1) is 12.8 Å². The van der Waals surface area contributed by atoms with Crippen molar-refractivity contribution in [3.8, 4) is 0 Å². The van der Waals surface area contributed by atoms with Gasteiger partial charge in [0.1, 0.15) is 6.04 Å². The molecular formula is C11H15N3O2S2. The Morgan fingerprint density at radius 2 is 2.56 bits per heavy atom. The van der Waals surface area contributed by atoms with E-state index in [4.69, 9.17) is 5.73 Å². The third-order valence-electron chi connectivity index (χ3n) is 2.47. The molecule has 2 heterocycles. The second-order valence-corrected chi connectivity index (χ2v) is 5.77. The molecule has 7 heteroatoms. The maximum absolute atomic E-state index is 11.1. The number of aromatic nitrogens is 2. The van der Waals surface area contributed by atoms with Gasteiger partial charge >= 0.3 is 5.97 Å². The highest BCUT2D eigenvalue weighted by molar-refractivity contribution is 7.98. The first-order valence-electron chi connectivity index (χ1n) is 5.53. The summed E-state index contributed by atoms with van der Waals surface area (Å²) in [4.78, 5) is 16.6. The standard InChI is InChI=1S/C11H15N3O2S2/c1-16-10(15)9(12)2-4-17-7-8-6-14-3-5-18-11(14)13-8/h3,5-6,9H,2,4,7,12H2,1H3. The van der Waals surface area contributed by atoms with Crippen LogP contribution in [0.25, 0.3) is 4.96 Å². The number of nitrogens with two attached hydrogens (primary N) is 1. The molecule has 0 saturated carbocycles. The summed E-state index contributed by atoms with van der Waals surface area (Å²) in [6.07, 6.45) is 4.65. The number of methoxy groups -OCH3 is 1. The number of hydrogen-bond donors (Lipinski definition) is 1. The number of esters is 1. The first kappa shape index (κ1) is 13.4. The highest BCUT2D eigenvalue weighted by Gasteiger charge is 2.12. The zero-order valence-corrected chi connectivity index (χ0v) is 11.7. The molecule has 1 atom stereocenters.